The number of halogens is 3. The van der Waals surface area contributed by atoms with Gasteiger partial charge in [-0.3, -0.25) is 0 Å². The average molecular weight is 180 g/mol. The molecule has 0 aromatic carbocycles. The first-order valence-electron chi connectivity index (χ1n) is 4.07. The Kier molecular flexibility index (Phi) is 2.75. The van der Waals surface area contributed by atoms with Crippen LogP contribution in [-0.2, 0) is 4.79 Å². The highest BCUT2D eigenvalue weighted by atomic mass is 19.4. The summed E-state index contributed by atoms with van der Waals surface area (Å²) in [7, 11) is 0. The van der Waals surface area contributed by atoms with E-state index in [4.69, 9.17) is 0 Å². The smallest absolute Gasteiger partial charge is 0.303 e. The first-order valence-corrected chi connectivity index (χ1v) is 4.07. The monoisotopic (exact) mass is 180 g/mol. The third-order valence-electron chi connectivity index (χ3n) is 2.41. The normalized spacial score (nSPS) is 31.6. The summed E-state index contributed by atoms with van der Waals surface area (Å²) in [5.74, 6) is -2.18. The van der Waals surface area contributed by atoms with Crippen molar-refractivity contribution in [3.05, 3.63) is 0 Å². The maximum atomic E-state index is 12.2. The van der Waals surface area contributed by atoms with E-state index >= 15 is 0 Å². The molecule has 0 amide bonds. The molecule has 0 heterocycles. The molecule has 0 aromatic rings. The fraction of sp³-hybridized carbons (Fsp3) is 0.875. The maximum Gasteiger partial charge on any atom is 0.392 e. The largest absolute Gasteiger partial charge is 0.392 e. The van der Waals surface area contributed by atoms with E-state index in [2.05, 4.69) is 0 Å². The number of carbonyl (C=O) groups is 1. The molecule has 2 atom stereocenters. The van der Waals surface area contributed by atoms with Gasteiger partial charge in [0.05, 0.1) is 5.92 Å². The van der Waals surface area contributed by atoms with Crippen LogP contribution in [0.2, 0.25) is 0 Å². The zero-order valence-electron chi connectivity index (χ0n) is 6.60. The van der Waals surface area contributed by atoms with Crippen LogP contribution in [-0.4, -0.2) is 12.5 Å². The summed E-state index contributed by atoms with van der Waals surface area (Å²) in [6.45, 7) is 0. The molecule has 0 radical (unpaired) electrons. The van der Waals surface area contributed by atoms with Gasteiger partial charge in [-0.25, -0.2) is 0 Å². The van der Waals surface area contributed by atoms with E-state index in [1.165, 1.54) is 0 Å². The predicted molar refractivity (Wildman–Crippen MR) is 37.6 cm³/mol. The van der Waals surface area contributed by atoms with Crippen LogP contribution in [0.1, 0.15) is 25.7 Å². The van der Waals surface area contributed by atoms with E-state index in [0.717, 1.165) is 6.42 Å². The lowest BCUT2D eigenvalue weighted by Crippen LogP contribution is -2.33. The SMILES string of the molecule is O=C[C@H]1CCCC[C@@H]1C(F)(F)F. The van der Waals surface area contributed by atoms with Crippen molar-refractivity contribution < 1.29 is 18.0 Å². The minimum atomic E-state index is -4.19. The molecule has 1 saturated carbocycles. The second-order valence-electron chi connectivity index (χ2n) is 3.23. The van der Waals surface area contributed by atoms with E-state index in [0.29, 0.717) is 19.1 Å². The topological polar surface area (TPSA) is 17.1 Å². The van der Waals surface area contributed by atoms with Crippen LogP contribution in [0.25, 0.3) is 0 Å². The first-order chi connectivity index (χ1) is 5.55. The van der Waals surface area contributed by atoms with Gasteiger partial charge in [0.2, 0.25) is 0 Å². The quantitative estimate of drug-likeness (QED) is 0.567. The number of rotatable bonds is 1. The summed E-state index contributed by atoms with van der Waals surface area (Å²) in [4.78, 5) is 10.3. The molecule has 0 aliphatic heterocycles. The van der Waals surface area contributed by atoms with Crippen LogP contribution in [0, 0.1) is 11.8 Å². The number of hydrogen-bond donors (Lipinski definition) is 0. The molecule has 1 aliphatic rings. The zero-order valence-corrected chi connectivity index (χ0v) is 6.60. The fourth-order valence-electron chi connectivity index (χ4n) is 1.73. The van der Waals surface area contributed by atoms with Gasteiger partial charge in [-0.05, 0) is 12.8 Å². The number of aldehydes is 1. The first kappa shape index (κ1) is 9.55. The number of alkyl halides is 3. The highest BCUT2D eigenvalue weighted by molar-refractivity contribution is 5.54. The average Bonchev–Trinajstić information content (AvgIpc) is 2.03. The van der Waals surface area contributed by atoms with E-state index < -0.39 is 18.0 Å². The number of carbonyl (C=O) groups excluding carboxylic acids is 1. The van der Waals surface area contributed by atoms with Gasteiger partial charge in [0, 0.05) is 5.92 Å². The lowest BCUT2D eigenvalue weighted by molar-refractivity contribution is -0.194. The zero-order chi connectivity index (χ0) is 9.19. The van der Waals surface area contributed by atoms with Gasteiger partial charge in [0.25, 0.3) is 0 Å². The molecule has 70 valence electrons. The maximum absolute atomic E-state index is 12.2. The molecule has 1 aliphatic carbocycles. The Morgan fingerprint density at radius 2 is 1.75 bits per heavy atom. The van der Waals surface area contributed by atoms with Crippen LogP contribution in [0.15, 0.2) is 0 Å². The minimum Gasteiger partial charge on any atom is -0.303 e. The fourth-order valence-corrected chi connectivity index (χ4v) is 1.73. The van der Waals surface area contributed by atoms with Gasteiger partial charge < -0.3 is 4.79 Å². The van der Waals surface area contributed by atoms with E-state index in [1.54, 1.807) is 0 Å². The van der Waals surface area contributed by atoms with Gasteiger partial charge in [0.15, 0.2) is 0 Å². The summed E-state index contributed by atoms with van der Waals surface area (Å²) in [5, 5.41) is 0. The molecule has 0 saturated heterocycles. The second kappa shape index (κ2) is 3.46. The molecule has 0 N–H and O–H groups in total. The van der Waals surface area contributed by atoms with E-state index in [-0.39, 0.29) is 6.42 Å². The third-order valence-corrected chi connectivity index (χ3v) is 2.41. The predicted octanol–water partition coefficient (Wildman–Crippen LogP) is 2.55. The van der Waals surface area contributed by atoms with Crippen molar-refractivity contribution in [2.45, 2.75) is 31.9 Å². The summed E-state index contributed by atoms with van der Waals surface area (Å²) < 4.78 is 36.7. The summed E-state index contributed by atoms with van der Waals surface area (Å²) in [6, 6.07) is 0. The molecule has 12 heavy (non-hydrogen) atoms. The molecular weight excluding hydrogens is 169 g/mol. The molecule has 0 bridgehead atoms. The van der Waals surface area contributed by atoms with Crippen LogP contribution in [0.5, 0.6) is 0 Å². The minimum absolute atomic E-state index is 0.118. The van der Waals surface area contributed by atoms with Crippen molar-refractivity contribution in [3.63, 3.8) is 0 Å². The highest BCUT2D eigenvalue weighted by Crippen LogP contribution is 2.40. The van der Waals surface area contributed by atoms with Crippen molar-refractivity contribution in [1.82, 2.24) is 0 Å². The molecule has 4 heteroatoms. The molecule has 0 unspecified atom stereocenters. The molecule has 0 aromatic heterocycles. The second-order valence-corrected chi connectivity index (χ2v) is 3.23. The Labute approximate surface area is 68.9 Å². The Balaban J connectivity index is 2.65. The summed E-state index contributed by atoms with van der Waals surface area (Å²) in [6.07, 6.45) is -1.88. The molecular formula is C8H11F3O. The van der Waals surface area contributed by atoms with Gasteiger partial charge >= 0.3 is 6.18 Å². The molecule has 1 nitrogen and oxygen atoms in total. The Bertz CT molecular complexity index is 164. The van der Waals surface area contributed by atoms with Crippen LogP contribution in [0.4, 0.5) is 13.2 Å². The van der Waals surface area contributed by atoms with Crippen LogP contribution in [0.3, 0.4) is 0 Å². The van der Waals surface area contributed by atoms with E-state index in [9.17, 15) is 18.0 Å². The van der Waals surface area contributed by atoms with Crippen molar-refractivity contribution in [3.8, 4) is 0 Å². The Hall–Kier alpha value is -0.540. The lowest BCUT2D eigenvalue weighted by atomic mass is 9.80. The van der Waals surface area contributed by atoms with Gasteiger partial charge in [0.1, 0.15) is 6.29 Å². The number of hydrogen-bond acceptors (Lipinski definition) is 1. The molecule has 0 spiro atoms. The molecule has 1 fully saturated rings. The van der Waals surface area contributed by atoms with Gasteiger partial charge in [-0.15, -0.1) is 0 Å². The summed E-state index contributed by atoms with van der Waals surface area (Å²) in [5.41, 5.74) is 0. The van der Waals surface area contributed by atoms with Crippen molar-refractivity contribution in [1.29, 1.82) is 0 Å². The highest BCUT2D eigenvalue weighted by Gasteiger charge is 2.45. The molecule has 1 rings (SSSR count). The third kappa shape index (κ3) is 1.99. The Morgan fingerprint density at radius 1 is 1.17 bits per heavy atom. The van der Waals surface area contributed by atoms with Gasteiger partial charge in [-0.1, -0.05) is 12.8 Å². The van der Waals surface area contributed by atoms with Gasteiger partial charge in [-0.2, -0.15) is 13.2 Å². The van der Waals surface area contributed by atoms with E-state index in [1.807, 2.05) is 0 Å². The van der Waals surface area contributed by atoms with Crippen molar-refractivity contribution >= 4 is 6.29 Å². The standard InChI is InChI=1S/C8H11F3O/c9-8(10,11)7-4-2-1-3-6(7)5-12/h5-7H,1-4H2/t6-,7+/m1/s1. The van der Waals surface area contributed by atoms with Crippen molar-refractivity contribution in [2.75, 3.05) is 0 Å². The lowest BCUT2D eigenvalue weighted by Gasteiger charge is -2.29. The Morgan fingerprint density at radius 3 is 2.17 bits per heavy atom. The van der Waals surface area contributed by atoms with Crippen molar-refractivity contribution in [2.24, 2.45) is 11.8 Å². The summed E-state index contributed by atoms with van der Waals surface area (Å²) >= 11 is 0. The van der Waals surface area contributed by atoms with Crippen LogP contribution < -0.4 is 0 Å². The van der Waals surface area contributed by atoms with Crippen LogP contribution >= 0.6 is 0 Å².